The second-order valence-corrected chi connectivity index (χ2v) is 3.87. The minimum atomic E-state index is 0.823. The molecule has 1 rings (SSSR count). The van der Waals surface area contributed by atoms with Crippen molar-refractivity contribution in [1.82, 2.24) is 0 Å². The molecule has 1 unspecified atom stereocenters. The molecule has 1 aliphatic carbocycles. The van der Waals surface area contributed by atoms with Crippen LogP contribution in [0.2, 0.25) is 0 Å². The number of halogens is 1. The first kappa shape index (κ1) is 8.32. The third-order valence-corrected chi connectivity index (χ3v) is 3.11. The van der Waals surface area contributed by atoms with Gasteiger partial charge in [-0.15, -0.1) is 0 Å². The summed E-state index contributed by atoms with van der Waals surface area (Å²) >= 11 is 3.49. The molecule has 1 heteroatoms. The third kappa shape index (κ3) is 2.45. The molecule has 58 valence electrons. The quantitative estimate of drug-likeness (QED) is 0.486. The molecule has 1 aliphatic rings. The summed E-state index contributed by atoms with van der Waals surface area (Å²) in [7, 11) is 0. The van der Waals surface area contributed by atoms with E-state index in [0.717, 1.165) is 11.2 Å². The van der Waals surface area contributed by atoms with Crippen LogP contribution < -0.4 is 0 Å². The molecule has 0 spiro atoms. The molecule has 0 nitrogen and oxygen atoms in total. The fraction of sp³-hybridized carbons (Fsp3) is 0.778. The molecule has 0 saturated heterocycles. The molecule has 0 aromatic carbocycles. The zero-order valence-corrected chi connectivity index (χ0v) is 8.15. The monoisotopic (exact) mass is 202 g/mol. The Morgan fingerprint density at radius 1 is 1.70 bits per heavy atom. The number of hydrogen-bond acceptors (Lipinski definition) is 0. The summed E-state index contributed by atoms with van der Waals surface area (Å²) in [5, 5.41) is 1.14. The molecule has 0 N–H and O–H groups in total. The van der Waals surface area contributed by atoms with Crippen molar-refractivity contribution >= 4 is 15.9 Å². The summed E-state index contributed by atoms with van der Waals surface area (Å²) in [4.78, 5) is 0. The Morgan fingerprint density at radius 3 is 3.00 bits per heavy atom. The van der Waals surface area contributed by atoms with Gasteiger partial charge in [0.05, 0.1) is 0 Å². The molecule has 1 atom stereocenters. The van der Waals surface area contributed by atoms with E-state index in [2.05, 4.69) is 28.9 Å². The molecule has 0 amide bonds. The molecular weight excluding hydrogens is 188 g/mol. The van der Waals surface area contributed by atoms with Gasteiger partial charge in [0.15, 0.2) is 0 Å². The van der Waals surface area contributed by atoms with Gasteiger partial charge in [-0.3, -0.25) is 0 Å². The standard InChI is InChI=1S/C9H15Br/c1-8(7-10)6-9-4-2-3-5-9/h4,8H,2-3,5-7H2,1H3. The number of hydrogen-bond donors (Lipinski definition) is 0. The lowest BCUT2D eigenvalue weighted by Crippen LogP contribution is -1.96. The van der Waals surface area contributed by atoms with Crippen molar-refractivity contribution < 1.29 is 0 Å². The van der Waals surface area contributed by atoms with Crippen LogP contribution in [0.4, 0.5) is 0 Å². The first-order valence-electron chi connectivity index (χ1n) is 4.07. The second-order valence-electron chi connectivity index (χ2n) is 3.22. The van der Waals surface area contributed by atoms with E-state index < -0.39 is 0 Å². The maximum absolute atomic E-state index is 3.49. The van der Waals surface area contributed by atoms with Crippen molar-refractivity contribution in [2.24, 2.45) is 5.92 Å². The summed E-state index contributed by atoms with van der Waals surface area (Å²) in [6, 6.07) is 0. The van der Waals surface area contributed by atoms with Gasteiger partial charge in [0.1, 0.15) is 0 Å². The van der Waals surface area contributed by atoms with E-state index in [-0.39, 0.29) is 0 Å². The summed E-state index contributed by atoms with van der Waals surface area (Å²) < 4.78 is 0. The highest BCUT2D eigenvalue weighted by atomic mass is 79.9. The van der Waals surface area contributed by atoms with Crippen molar-refractivity contribution in [2.45, 2.75) is 32.6 Å². The first-order valence-corrected chi connectivity index (χ1v) is 5.19. The number of alkyl halides is 1. The molecule has 0 aliphatic heterocycles. The normalized spacial score (nSPS) is 20.8. The lowest BCUT2D eigenvalue weighted by Gasteiger charge is -2.06. The largest absolute Gasteiger partial charge is 0.0925 e. The van der Waals surface area contributed by atoms with Crippen LogP contribution in [0.3, 0.4) is 0 Å². The van der Waals surface area contributed by atoms with Crippen LogP contribution in [0.15, 0.2) is 11.6 Å². The highest BCUT2D eigenvalue weighted by molar-refractivity contribution is 9.09. The Morgan fingerprint density at radius 2 is 2.50 bits per heavy atom. The molecule has 0 heterocycles. The van der Waals surface area contributed by atoms with Crippen LogP contribution in [0, 0.1) is 5.92 Å². The molecule has 0 aromatic heterocycles. The Kier molecular flexibility index (Phi) is 3.47. The molecule has 0 aromatic rings. The van der Waals surface area contributed by atoms with Gasteiger partial charge in [0.25, 0.3) is 0 Å². The van der Waals surface area contributed by atoms with Crippen molar-refractivity contribution in [2.75, 3.05) is 5.33 Å². The third-order valence-electron chi connectivity index (χ3n) is 2.01. The van der Waals surface area contributed by atoms with Crippen LogP contribution >= 0.6 is 15.9 Å². The van der Waals surface area contributed by atoms with Crippen LogP contribution in [0.1, 0.15) is 32.6 Å². The van der Waals surface area contributed by atoms with E-state index >= 15 is 0 Å². The van der Waals surface area contributed by atoms with Crippen molar-refractivity contribution in [3.63, 3.8) is 0 Å². The fourth-order valence-electron chi connectivity index (χ4n) is 1.42. The maximum Gasteiger partial charge on any atom is 0.00600 e. The van der Waals surface area contributed by atoms with E-state index in [9.17, 15) is 0 Å². The highest BCUT2D eigenvalue weighted by Crippen LogP contribution is 2.24. The van der Waals surface area contributed by atoms with Crippen molar-refractivity contribution in [3.05, 3.63) is 11.6 Å². The number of allylic oxidation sites excluding steroid dienone is 2. The average molecular weight is 203 g/mol. The van der Waals surface area contributed by atoms with E-state index in [1.807, 2.05) is 0 Å². The predicted molar refractivity (Wildman–Crippen MR) is 49.5 cm³/mol. The fourth-order valence-corrected chi connectivity index (χ4v) is 1.65. The summed E-state index contributed by atoms with van der Waals surface area (Å²) in [5.74, 6) is 0.823. The number of rotatable bonds is 3. The zero-order chi connectivity index (χ0) is 7.40. The lowest BCUT2D eigenvalue weighted by atomic mass is 10.0. The van der Waals surface area contributed by atoms with Gasteiger partial charge in [-0.05, 0) is 31.6 Å². The van der Waals surface area contributed by atoms with E-state index in [1.165, 1.54) is 25.7 Å². The van der Waals surface area contributed by atoms with E-state index in [0.29, 0.717) is 0 Å². The zero-order valence-electron chi connectivity index (χ0n) is 6.57. The summed E-state index contributed by atoms with van der Waals surface area (Å²) in [6.45, 7) is 2.30. The van der Waals surface area contributed by atoms with Gasteiger partial charge < -0.3 is 0 Å². The molecule has 0 radical (unpaired) electrons. The van der Waals surface area contributed by atoms with Gasteiger partial charge in [-0.2, -0.15) is 0 Å². The average Bonchev–Trinajstić information content (AvgIpc) is 2.40. The predicted octanol–water partition coefficient (Wildman–Crippen LogP) is 3.52. The van der Waals surface area contributed by atoms with Crippen LogP contribution in [-0.2, 0) is 0 Å². The van der Waals surface area contributed by atoms with Gasteiger partial charge in [0.2, 0.25) is 0 Å². The summed E-state index contributed by atoms with van der Waals surface area (Å²) in [5.41, 5.74) is 1.69. The molecule has 0 bridgehead atoms. The van der Waals surface area contributed by atoms with Crippen molar-refractivity contribution in [3.8, 4) is 0 Å². The first-order chi connectivity index (χ1) is 4.83. The molecule has 0 saturated carbocycles. The molecular formula is C9H15Br. The van der Waals surface area contributed by atoms with Crippen molar-refractivity contribution in [1.29, 1.82) is 0 Å². The van der Waals surface area contributed by atoms with Gasteiger partial charge in [0, 0.05) is 5.33 Å². The van der Waals surface area contributed by atoms with Crippen LogP contribution in [-0.4, -0.2) is 5.33 Å². The lowest BCUT2D eigenvalue weighted by molar-refractivity contribution is 0.644. The Balaban J connectivity index is 2.23. The molecule has 10 heavy (non-hydrogen) atoms. The minimum absolute atomic E-state index is 0.823. The smallest absolute Gasteiger partial charge is 0.00600 e. The van der Waals surface area contributed by atoms with E-state index in [1.54, 1.807) is 5.57 Å². The van der Waals surface area contributed by atoms with Gasteiger partial charge in [-0.1, -0.05) is 34.5 Å². The Hall–Kier alpha value is 0.220. The minimum Gasteiger partial charge on any atom is -0.0925 e. The van der Waals surface area contributed by atoms with Crippen LogP contribution in [0.25, 0.3) is 0 Å². The van der Waals surface area contributed by atoms with Gasteiger partial charge >= 0.3 is 0 Å². The Bertz CT molecular complexity index is 127. The SMILES string of the molecule is CC(CBr)CC1=CCCC1. The highest BCUT2D eigenvalue weighted by Gasteiger charge is 2.07. The topological polar surface area (TPSA) is 0 Å². The molecule has 0 fully saturated rings. The van der Waals surface area contributed by atoms with E-state index in [4.69, 9.17) is 0 Å². The second kappa shape index (κ2) is 4.17. The Labute approximate surface area is 71.8 Å². The summed E-state index contributed by atoms with van der Waals surface area (Å²) in [6.07, 6.45) is 7.80. The van der Waals surface area contributed by atoms with Crippen LogP contribution in [0.5, 0.6) is 0 Å². The van der Waals surface area contributed by atoms with Gasteiger partial charge in [-0.25, -0.2) is 0 Å². The maximum atomic E-state index is 3.49.